The van der Waals surface area contributed by atoms with Crippen LogP contribution in [0.4, 0.5) is 17.1 Å². The zero-order valence-electron chi connectivity index (χ0n) is 31.9. The fraction of sp³-hybridized carbons (Fsp3) is 0.0545. The van der Waals surface area contributed by atoms with Crippen LogP contribution in [0, 0.1) is 0 Å². The molecule has 2 nitrogen and oxygen atoms in total. The number of rotatable bonds is 6. The van der Waals surface area contributed by atoms with Crippen molar-refractivity contribution in [2.75, 3.05) is 4.90 Å². The smallest absolute Gasteiger partial charge is 0.143 e. The number of nitrogens with zero attached hydrogens (tertiary/aromatic N) is 1. The van der Waals surface area contributed by atoms with Crippen LogP contribution in [-0.2, 0) is 5.41 Å². The molecule has 2 heteroatoms. The summed E-state index contributed by atoms with van der Waals surface area (Å²) in [5.74, 6) is 0. The molecule has 57 heavy (non-hydrogen) atoms. The topological polar surface area (TPSA) is 16.4 Å². The summed E-state index contributed by atoms with van der Waals surface area (Å²) < 4.78 is 6.93. The lowest BCUT2D eigenvalue weighted by Gasteiger charge is -2.31. The van der Waals surface area contributed by atoms with E-state index >= 15 is 0 Å². The summed E-state index contributed by atoms with van der Waals surface area (Å²) in [5, 5.41) is 4.46. The largest absolute Gasteiger partial charge is 0.455 e. The highest BCUT2D eigenvalue weighted by Gasteiger charge is 2.36. The minimum Gasteiger partial charge on any atom is -0.455 e. The molecule has 9 aromatic carbocycles. The molecule has 0 atom stereocenters. The number of benzene rings is 9. The van der Waals surface area contributed by atoms with Crippen molar-refractivity contribution in [3.8, 4) is 44.5 Å². The Kier molecular flexibility index (Phi) is 7.55. The molecule has 1 aliphatic rings. The van der Waals surface area contributed by atoms with E-state index in [-0.39, 0.29) is 5.41 Å². The van der Waals surface area contributed by atoms with Gasteiger partial charge in [-0.15, -0.1) is 0 Å². The third kappa shape index (κ3) is 5.25. The van der Waals surface area contributed by atoms with Gasteiger partial charge in [-0.05, 0) is 97.9 Å². The van der Waals surface area contributed by atoms with Crippen LogP contribution in [0.5, 0.6) is 0 Å². The fourth-order valence-electron chi connectivity index (χ4n) is 9.29. The maximum atomic E-state index is 6.93. The van der Waals surface area contributed by atoms with E-state index in [2.05, 4.69) is 219 Å². The van der Waals surface area contributed by atoms with Crippen LogP contribution in [0.25, 0.3) is 77.2 Å². The highest BCUT2D eigenvalue weighted by Crippen LogP contribution is 2.54. The molecule has 0 radical (unpaired) electrons. The van der Waals surface area contributed by atoms with E-state index in [0.29, 0.717) is 0 Å². The van der Waals surface area contributed by atoms with Gasteiger partial charge in [0.05, 0.1) is 11.1 Å². The van der Waals surface area contributed by atoms with E-state index in [1.807, 2.05) is 0 Å². The molecule has 0 spiro atoms. The van der Waals surface area contributed by atoms with Crippen molar-refractivity contribution in [2.45, 2.75) is 19.3 Å². The van der Waals surface area contributed by atoms with Crippen molar-refractivity contribution >= 4 is 49.8 Å². The summed E-state index contributed by atoms with van der Waals surface area (Å²) in [7, 11) is 0. The third-order valence-corrected chi connectivity index (χ3v) is 12.1. The van der Waals surface area contributed by atoms with Gasteiger partial charge in [0.2, 0.25) is 0 Å². The predicted molar refractivity (Wildman–Crippen MR) is 240 cm³/mol. The van der Waals surface area contributed by atoms with Gasteiger partial charge in [0.25, 0.3) is 0 Å². The molecule has 0 saturated carbocycles. The van der Waals surface area contributed by atoms with E-state index in [0.717, 1.165) is 60.9 Å². The van der Waals surface area contributed by atoms with Gasteiger partial charge in [-0.3, -0.25) is 0 Å². The fourth-order valence-corrected chi connectivity index (χ4v) is 9.29. The van der Waals surface area contributed by atoms with Crippen molar-refractivity contribution in [3.05, 3.63) is 211 Å². The minimum atomic E-state index is -0.166. The van der Waals surface area contributed by atoms with Crippen LogP contribution in [0.15, 0.2) is 205 Å². The van der Waals surface area contributed by atoms with E-state index in [4.69, 9.17) is 4.42 Å². The summed E-state index contributed by atoms with van der Waals surface area (Å²) >= 11 is 0. The third-order valence-electron chi connectivity index (χ3n) is 12.1. The molecule has 1 heterocycles. The molecule has 0 unspecified atom stereocenters. The summed E-state index contributed by atoms with van der Waals surface area (Å²) in [6.45, 7) is 4.72. The van der Waals surface area contributed by atoms with Crippen LogP contribution in [-0.4, -0.2) is 0 Å². The molecule has 0 saturated heterocycles. The van der Waals surface area contributed by atoms with Crippen LogP contribution >= 0.6 is 0 Å². The van der Waals surface area contributed by atoms with Gasteiger partial charge in [-0.25, -0.2) is 0 Å². The van der Waals surface area contributed by atoms with Crippen molar-refractivity contribution in [1.29, 1.82) is 0 Å². The lowest BCUT2D eigenvalue weighted by Crippen LogP contribution is -2.17. The highest BCUT2D eigenvalue weighted by molar-refractivity contribution is 6.22. The van der Waals surface area contributed by atoms with E-state index in [1.54, 1.807) is 0 Å². The maximum absolute atomic E-state index is 6.93. The molecule has 10 aromatic rings. The van der Waals surface area contributed by atoms with Crippen molar-refractivity contribution < 1.29 is 4.42 Å². The zero-order valence-corrected chi connectivity index (χ0v) is 31.9. The number of hydrogen-bond acceptors (Lipinski definition) is 2. The number of hydrogen-bond donors (Lipinski definition) is 0. The Morgan fingerprint density at radius 1 is 0.404 bits per heavy atom. The molecule has 11 rings (SSSR count). The van der Waals surface area contributed by atoms with Crippen molar-refractivity contribution in [2.24, 2.45) is 0 Å². The Morgan fingerprint density at radius 3 is 1.79 bits per heavy atom. The average molecular weight is 730 g/mol. The normalized spacial score (nSPS) is 12.9. The number of anilines is 3. The first-order valence-electron chi connectivity index (χ1n) is 19.8. The van der Waals surface area contributed by atoms with Crippen LogP contribution in [0.2, 0.25) is 0 Å². The molecule has 0 bridgehead atoms. The quantitative estimate of drug-likeness (QED) is 0.169. The van der Waals surface area contributed by atoms with Crippen molar-refractivity contribution in [1.82, 2.24) is 0 Å². The molecular formula is C55H39NO. The molecule has 0 aliphatic heterocycles. The molecule has 0 N–H and O–H groups in total. The molecule has 0 amide bonds. The second-order valence-electron chi connectivity index (χ2n) is 15.7. The first-order chi connectivity index (χ1) is 28.0. The zero-order chi connectivity index (χ0) is 38.1. The molecular weight excluding hydrogens is 691 g/mol. The van der Waals surface area contributed by atoms with E-state index < -0.39 is 0 Å². The predicted octanol–water partition coefficient (Wildman–Crippen LogP) is 15.5. The second-order valence-corrected chi connectivity index (χ2v) is 15.7. The second kappa shape index (κ2) is 13.0. The average Bonchev–Trinajstić information content (AvgIpc) is 3.77. The summed E-state index contributed by atoms with van der Waals surface area (Å²) in [6, 6.07) is 72.6. The lowest BCUT2D eigenvalue weighted by molar-refractivity contribution is 0.660. The monoisotopic (exact) mass is 729 g/mol. The Hall–Kier alpha value is -7.16. The Labute approximate surface area is 332 Å². The van der Waals surface area contributed by atoms with Gasteiger partial charge in [-0.1, -0.05) is 172 Å². The van der Waals surface area contributed by atoms with Gasteiger partial charge in [-0.2, -0.15) is 0 Å². The molecule has 270 valence electrons. The first kappa shape index (κ1) is 33.2. The molecule has 1 aliphatic carbocycles. The number of fused-ring (bicyclic) bond motifs is 8. The number of furan rings is 1. The van der Waals surface area contributed by atoms with Gasteiger partial charge >= 0.3 is 0 Å². The van der Waals surface area contributed by atoms with E-state index in [1.165, 1.54) is 44.5 Å². The van der Waals surface area contributed by atoms with Crippen LogP contribution < -0.4 is 4.90 Å². The standard InChI is InChI=1S/C55H39NO/c1-55(2)49-24-14-13-23-45(49)46-32-30-41(35-50(46)55)56(40-28-25-37(26-29-40)36-15-5-3-6-16-36)53-47(44-22-12-11-20-42(44)38-17-7-4-8-18-38)33-34-51-52(53)48-31-27-39-19-9-10-21-43(39)54(48)57-51/h3-35H,1-2H3. The Balaban J connectivity index is 1.25. The lowest BCUT2D eigenvalue weighted by atomic mass is 9.82. The van der Waals surface area contributed by atoms with Gasteiger partial charge in [0.1, 0.15) is 11.2 Å². The maximum Gasteiger partial charge on any atom is 0.143 e. The Bertz CT molecular complexity index is 3140. The molecule has 0 fully saturated rings. The van der Waals surface area contributed by atoms with Crippen LogP contribution in [0.1, 0.15) is 25.0 Å². The summed E-state index contributed by atoms with van der Waals surface area (Å²) in [6.07, 6.45) is 0. The summed E-state index contributed by atoms with van der Waals surface area (Å²) in [4.78, 5) is 2.48. The SMILES string of the molecule is CC1(C)c2ccccc2-c2ccc(N(c3ccc(-c4ccccc4)cc3)c3c(-c4ccccc4-c4ccccc4)ccc4oc5c6ccccc6ccc5c34)cc21. The van der Waals surface area contributed by atoms with Crippen LogP contribution in [0.3, 0.4) is 0 Å². The summed E-state index contributed by atoms with van der Waals surface area (Å²) in [5.41, 5.74) is 17.2. The van der Waals surface area contributed by atoms with E-state index in [9.17, 15) is 0 Å². The highest BCUT2D eigenvalue weighted by atomic mass is 16.3. The Morgan fingerprint density at radius 2 is 1.00 bits per heavy atom. The van der Waals surface area contributed by atoms with Crippen molar-refractivity contribution in [3.63, 3.8) is 0 Å². The molecule has 1 aromatic heterocycles. The van der Waals surface area contributed by atoms with Gasteiger partial charge < -0.3 is 9.32 Å². The van der Waals surface area contributed by atoms with Gasteiger partial charge in [0.15, 0.2) is 0 Å². The minimum absolute atomic E-state index is 0.166. The first-order valence-corrected chi connectivity index (χ1v) is 19.8. The van der Waals surface area contributed by atoms with Gasteiger partial charge in [0, 0.05) is 33.1 Å².